The summed E-state index contributed by atoms with van der Waals surface area (Å²) in [6, 6.07) is 19.7. The van der Waals surface area contributed by atoms with Crippen LogP contribution >= 0.6 is 0 Å². The number of anilines is 1. The molecule has 40 heavy (non-hydrogen) atoms. The number of carbonyl (C=O) groups is 3. The van der Waals surface area contributed by atoms with Gasteiger partial charge in [-0.3, -0.25) is 14.5 Å². The summed E-state index contributed by atoms with van der Waals surface area (Å²) in [5.74, 6) is -0.435. The molecule has 1 heterocycles. The normalized spacial score (nSPS) is 11.7. The van der Waals surface area contributed by atoms with Gasteiger partial charge in [-0.2, -0.15) is 0 Å². The number of ether oxygens (including phenoxy) is 2. The zero-order valence-electron chi connectivity index (χ0n) is 23.0. The first-order valence-electron chi connectivity index (χ1n) is 13.0. The number of hydrogen-bond donors (Lipinski definition) is 1. The number of fused-ring (bicyclic) bond motifs is 1. The molecule has 1 atom stereocenters. The van der Waals surface area contributed by atoms with Gasteiger partial charge in [0.1, 0.15) is 23.9 Å². The molecular weight excluding hydrogens is 510 g/mol. The smallest absolute Gasteiger partial charge is 0.337 e. The van der Waals surface area contributed by atoms with Gasteiger partial charge in [0.25, 0.3) is 0 Å². The van der Waals surface area contributed by atoms with E-state index in [1.165, 1.54) is 29.9 Å². The van der Waals surface area contributed by atoms with Crippen molar-refractivity contribution in [2.75, 3.05) is 25.7 Å². The third kappa shape index (κ3) is 6.45. The Morgan fingerprint density at radius 2 is 1.75 bits per heavy atom. The van der Waals surface area contributed by atoms with E-state index in [1.54, 1.807) is 42.5 Å². The first-order chi connectivity index (χ1) is 19.3. The molecule has 0 saturated carbocycles. The fourth-order valence-electron chi connectivity index (χ4n) is 4.39. The zero-order chi connectivity index (χ0) is 28.6. The summed E-state index contributed by atoms with van der Waals surface area (Å²) in [4.78, 5) is 41.8. The second-order valence-corrected chi connectivity index (χ2v) is 9.69. The van der Waals surface area contributed by atoms with E-state index in [9.17, 15) is 14.4 Å². The van der Waals surface area contributed by atoms with E-state index in [2.05, 4.69) is 29.5 Å². The van der Waals surface area contributed by atoms with Gasteiger partial charge in [0.2, 0.25) is 11.8 Å². The summed E-state index contributed by atoms with van der Waals surface area (Å²) < 4.78 is 11.8. The molecule has 0 fully saturated rings. The third-order valence-electron chi connectivity index (χ3n) is 6.46. The lowest BCUT2D eigenvalue weighted by Crippen LogP contribution is -2.45. The van der Waals surface area contributed by atoms with Gasteiger partial charge in [0.15, 0.2) is 0 Å². The number of nitrogens with one attached hydrogen (secondary N) is 1. The van der Waals surface area contributed by atoms with Crippen molar-refractivity contribution >= 4 is 34.5 Å². The number of nitrogens with zero attached hydrogens (tertiary/aromatic N) is 4. The van der Waals surface area contributed by atoms with Crippen molar-refractivity contribution in [2.45, 2.75) is 32.9 Å². The number of esters is 1. The molecule has 0 spiro atoms. The van der Waals surface area contributed by atoms with Gasteiger partial charge in [-0.05, 0) is 60.4 Å². The maximum atomic E-state index is 14.2. The van der Waals surface area contributed by atoms with Gasteiger partial charge in [-0.25, -0.2) is 9.48 Å². The lowest BCUT2D eigenvalue weighted by molar-refractivity contribution is -0.127. The molecule has 10 nitrogen and oxygen atoms in total. The lowest BCUT2D eigenvalue weighted by Gasteiger charge is -2.32. The van der Waals surface area contributed by atoms with Crippen LogP contribution in [0.15, 0.2) is 72.8 Å². The number of aromatic nitrogens is 3. The monoisotopic (exact) mass is 543 g/mol. The predicted molar refractivity (Wildman–Crippen MR) is 151 cm³/mol. The maximum absolute atomic E-state index is 14.2. The van der Waals surface area contributed by atoms with Crippen molar-refractivity contribution < 1.29 is 23.9 Å². The number of methoxy groups -OCH3 is 2. The van der Waals surface area contributed by atoms with E-state index < -0.39 is 17.9 Å². The van der Waals surface area contributed by atoms with E-state index in [-0.39, 0.29) is 18.0 Å². The van der Waals surface area contributed by atoms with Crippen LogP contribution in [0.1, 0.15) is 42.2 Å². The standard InChI is InChI=1S/C30H33N5O5/c1-20(2)15-16-31-29(37)28(21-9-8-12-24(18-21)39-3)35(23-11-7-10-22(17-23)30(38)40-4)27(36)19-34-26-14-6-5-13-25(26)32-33-34/h5-14,17-18,20,28H,15-16,19H2,1-4H3,(H,31,37). The molecule has 1 aromatic heterocycles. The average Bonchev–Trinajstić information content (AvgIpc) is 3.37. The highest BCUT2D eigenvalue weighted by atomic mass is 16.5. The molecule has 4 rings (SSSR count). The molecule has 0 aliphatic rings. The summed E-state index contributed by atoms with van der Waals surface area (Å²) >= 11 is 0. The Kier molecular flexibility index (Phi) is 9.11. The highest BCUT2D eigenvalue weighted by molar-refractivity contribution is 6.02. The molecule has 1 N–H and O–H groups in total. The van der Waals surface area contributed by atoms with E-state index in [4.69, 9.17) is 9.47 Å². The summed E-state index contributed by atoms with van der Waals surface area (Å²) in [5, 5.41) is 11.3. The van der Waals surface area contributed by atoms with Gasteiger partial charge in [0, 0.05) is 12.2 Å². The summed E-state index contributed by atoms with van der Waals surface area (Å²) in [5.41, 5.74) is 2.46. The van der Waals surface area contributed by atoms with Gasteiger partial charge in [0.05, 0.1) is 25.3 Å². The van der Waals surface area contributed by atoms with Crippen LogP contribution in [0.4, 0.5) is 5.69 Å². The molecular formula is C30H33N5O5. The van der Waals surface area contributed by atoms with E-state index in [0.717, 1.165) is 6.42 Å². The van der Waals surface area contributed by atoms with Gasteiger partial charge >= 0.3 is 5.97 Å². The SMILES string of the molecule is COC(=O)c1cccc(N(C(=O)Cn2nnc3ccccc32)C(C(=O)NCCC(C)C)c2cccc(OC)c2)c1. The van der Waals surface area contributed by atoms with Gasteiger partial charge in [-0.1, -0.05) is 49.4 Å². The minimum Gasteiger partial charge on any atom is -0.497 e. The van der Waals surface area contributed by atoms with Crippen LogP contribution in [0, 0.1) is 5.92 Å². The highest BCUT2D eigenvalue weighted by Crippen LogP contribution is 2.31. The lowest BCUT2D eigenvalue weighted by atomic mass is 10.0. The second-order valence-electron chi connectivity index (χ2n) is 9.69. The van der Waals surface area contributed by atoms with Crippen molar-refractivity contribution in [3.63, 3.8) is 0 Å². The molecule has 0 saturated heterocycles. The van der Waals surface area contributed by atoms with Crippen molar-refractivity contribution in [2.24, 2.45) is 5.92 Å². The maximum Gasteiger partial charge on any atom is 0.337 e. The number of para-hydroxylation sites is 1. The first kappa shape index (κ1) is 28.3. The number of amides is 2. The van der Waals surface area contributed by atoms with Crippen LogP contribution < -0.4 is 15.0 Å². The van der Waals surface area contributed by atoms with Crippen molar-refractivity contribution in [1.29, 1.82) is 0 Å². The predicted octanol–water partition coefficient (Wildman–Crippen LogP) is 4.16. The largest absolute Gasteiger partial charge is 0.497 e. The fraction of sp³-hybridized carbons (Fsp3) is 0.300. The first-order valence-corrected chi connectivity index (χ1v) is 13.0. The van der Waals surface area contributed by atoms with Crippen LogP contribution in [0.3, 0.4) is 0 Å². The second kappa shape index (κ2) is 12.9. The van der Waals surface area contributed by atoms with Crippen LogP contribution in [-0.2, 0) is 20.9 Å². The molecule has 10 heteroatoms. The van der Waals surface area contributed by atoms with Gasteiger partial charge in [-0.15, -0.1) is 5.10 Å². The minimum atomic E-state index is -1.07. The number of rotatable bonds is 11. The Balaban J connectivity index is 1.83. The Hall–Kier alpha value is -4.73. The van der Waals surface area contributed by atoms with E-state index in [1.807, 2.05) is 24.3 Å². The van der Waals surface area contributed by atoms with Crippen molar-refractivity contribution in [3.8, 4) is 5.75 Å². The number of carbonyl (C=O) groups excluding carboxylic acids is 3. The topological polar surface area (TPSA) is 116 Å². The van der Waals surface area contributed by atoms with Crippen molar-refractivity contribution in [1.82, 2.24) is 20.3 Å². The molecule has 208 valence electrons. The molecule has 0 aliphatic heterocycles. The van der Waals surface area contributed by atoms with E-state index in [0.29, 0.717) is 40.5 Å². The van der Waals surface area contributed by atoms with Crippen LogP contribution in [0.2, 0.25) is 0 Å². The molecule has 0 radical (unpaired) electrons. The van der Waals surface area contributed by atoms with Crippen LogP contribution in [-0.4, -0.2) is 53.5 Å². The van der Waals surface area contributed by atoms with Crippen LogP contribution in [0.25, 0.3) is 11.0 Å². The molecule has 4 aromatic rings. The quantitative estimate of drug-likeness (QED) is 0.282. The minimum absolute atomic E-state index is 0.192. The average molecular weight is 544 g/mol. The number of hydrogen-bond acceptors (Lipinski definition) is 7. The summed E-state index contributed by atoms with van der Waals surface area (Å²) in [7, 11) is 2.82. The Morgan fingerprint density at radius 3 is 2.50 bits per heavy atom. The molecule has 2 amide bonds. The Bertz CT molecular complexity index is 1500. The van der Waals surface area contributed by atoms with E-state index >= 15 is 0 Å². The molecule has 0 aliphatic carbocycles. The third-order valence-corrected chi connectivity index (χ3v) is 6.46. The molecule has 3 aromatic carbocycles. The number of benzene rings is 3. The molecule has 1 unspecified atom stereocenters. The molecule has 0 bridgehead atoms. The fourth-order valence-corrected chi connectivity index (χ4v) is 4.39. The Morgan fingerprint density at radius 1 is 0.975 bits per heavy atom. The van der Waals surface area contributed by atoms with Crippen LogP contribution in [0.5, 0.6) is 5.75 Å². The summed E-state index contributed by atoms with van der Waals surface area (Å²) in [6.45, 7) is 4.39. The summed E-state index contributed by atoms with van der Waals surface area (Å²) in [6.07, 6.45) is 0.771. The van der Waals surface area contributed by atoms with Gasteiger partial charge < -0.3 is 14.8 Å². The zero-order valence-corrected chi connectivity index (χ0v) is 23.0. The Labute approximate surface area is 232 Å². The highest BCUT2D eigenvalue weighted by Gasteiger charge is 2.34. The van der Waals surface area contributed by atoms with Crippen molar-refractivity contribution in [3.05, 3.63) is 83.9 Å².